The fourth-order valence-corrected chi connectivity index (χ4v) is 4.18. The lowest BCUT2D eigenvalue weighted by Crippen LogP contribution is -2.38. The summed E-state index contributed by atoms with van der Waals surface area (Å²) in [6.07, 6.45) is -3.44. The van der Waals surface area contributed by atoms with E-state index in [9.17, 15) is 18.0 Å². The molecule has 156 valence electrons. The summed E-state index contributed by atoms with van der Waals surface area (Å²) in [6.45, 7) is 1.18. The molecular formula is C21H19F3N4OS. The molecule has 0 aliphatic carbocycles. The number of aromatic nitrogens is 2. The molecule has 0 bridgehead atoms. The lowest BCUT2D eigenvalue weighted by molar-refractivity contribution is -0.137. The molecule has 30 heavy (non-hydrogen) atoms. The zero-order chi connectivity index (χ0) is 21.1. The number of piperidine rings is 1. The number of amides is 1. The van der Waals surface area contributed by atoms with Crippen molar-refractivity contribution < 1.29 is 18.0 Å². The molecule has 1 saturated heterocycles. The van der Waals surface area contributed by atoms with E-state index in [2.05, 4.69) is 15.5 Å². The lowest BCUT2D eigenvalue weighted by Gasteiger charge is -2.32. The van der Waals surface area contributed by atoms with E-state index in [1.807, 2.05) is 34.5 Å². The number of carbonyl (C=O) groups is 1. The minimum absolute atomic E-state index is 0.201. The lowest BCUT2D eigenvalue weighted by atomic mass is 9.95. The second kappa shape index (κ2) is 8.43. The van der Waals surface area contributed by atoms with Gasteiger partial charge in [-0.3, -0.25) is 4.79 Å². The average molecular weight is 432 g/mol. The smallest absolute Gasteiger partial charge is 0.355 e. The number of hydrogen-bond acceptors (Lipinski definition) is 5. The second-order valence-corrected chi connectivity index (χ2v) is 8.00. The Kier molecular flexibility index (Phi) is 5.72. The minimum atomic E-state index is -4.51. The van der Waals surface area contributed by atoms with Gasteiger partial charge in [-0.25, -0.2) is 0 Å². The highest BCUT2D eigenvalue weighted by atomic mass is 32.1. The summed E-state index contributed by atoms with van der Waals surface area (Å²) in [5.74, 6) is 0.00273. The summed E-state index contributed by atoms with van der Waals surface area (Å²) in [6, 6.07) is 12.8. The van der Waals surface area contributed by atoms with Crippen LogP contribution < -0.4 is 10.2 Å². The molecule has 1 N–H and O–H groups in total. The molecule has 3 aromatic rings. The average Bonchev–Trinajstić information content (AvgIpc) is 3.29. The Balaban J connectivity index is 1.36. The van der Waals surface area contributed by atoms with Crippen molar-refractivity contribution in [3.05, 3.63) is 59.5 Å². The molecule has 1 aliphatic heterocycles. The quantitative estimate of drug-likeness (QED) is 0.625. The number of rotatable bonds is 4. The molecule has 3 heterocycles. The molecule has 0 saturated carbocycles. The summed E-state index contributed by atoms with van der Waals surface area (Å²) >= 11 is 1.59. The molecule has 4 rings (SSSR count). The summed E-state index contributed by atoms with van der Waals surface area (Å²) in [4.78, 5) is 15.6. The maximum Gasteiger partial charge on any atom is 0.418 e. The number of benzene rings is 1. The number of para-hydroxylation sites is 1. The first-order chi connectivity index (χ1) is 14.4. The third-order valence-electron chi connectivity index (χ3n) is 5.10. The summed E-state index contributed by atoms with van der Waals surface area (Å²) in [5.41, 5.74) is -0.226. The van der Waals surface area contributed by atoms with Crippen LogP contribution >= 0.6 is 11.3 Å². The van der Waals surface area contributed by atoms with Gasteiger partial charge in [0.25, 0.3) is 0 Å². The molecule has 1 aliphatic rings. The molecule has 0 unspecified atom stereocenters. The van der Waals surface area contributed by atoms with Crippen molar-refractivity contribution in [2.24, 2.45) is 5.92 Å². The zero-order valence-electron chi connectivity index (χ0n) is 15.9. The van der Waals surface area contributed by atoms with Gasteiger partial charge in [0, 0.05) is 19.0 Å². The first kappa shape index (κ1) is 20.3. The van der Waals surface area contributed by atoms with Crippen molar-refractivity contribution in [1.29, 1.82) is 0 Å². The standard InChI is InChI=1S/C21H19F3N4OS/c22-21(23,24)15-4-1-2-5-16(15)25-20(29)14-9-11-28(12-10-14)19-8-7-17(26-27-19)18-6-3-13-30-18/h1-8,13-14H,9-12H2,(H,25,29). The largest absolute Gasteiger partial charge is 0.418 e. The van der Waals surface area contributed by atoms with E-state index in [-0.39, 0.29) is 17.5 Å². The zero-order valence-corrected chi connectivity index (χ0v) is 16.7. The van der Waals surface area contributed by atoms with Gasteiger partial charge in [-0.05, 0) is 48.6 Å². The summed E-state index contributed by atoms with van der Waals surface area (Å²) in [5, 5.41) is 13.0. The number of alkyl halides is 3. The molecule has 1 aromatic carbocycles. The molecule has 1 fully saturated rings. The third-order valence-corrected chi connectivity index (χ3v) is 6.00. The Bertz CT molecular complexity index is 998. The highest BCUT2D eigenvalue weighted by molar-refractivity contribution is 7.13. The fourth-order valence-electron chi connectivity index (χ4n) is 3.49. The number of hydrogen-bond donors (Lipinski definition) is 1. The predicted molar refractivity (Wildman–Crippen MR) is 110 cm³/mol. The van der Waals surface area contributed by atoms with Crippen LogP contribution in [-0.4, -0.2) is 29.2 Å². The number of nitrogens with zero attached hydrogens (tertiary/aromatic N) is 3. The van der Waals surface area contributed by atoms with Crippen molar-refractivity contribution in [3.63, 3.8) is 0 Å². The Morgan fingerprint density at radius 3 is 2.43 bits per heavy atom. The SMILES string of the molecule is O=C(Nc1ccccc1C(F)(F)F)C1CCN(c2ccc(-c3cccs3)nn2)CC1. The Morgan fingerprint density at radius 1 is 1.03 bits per heavy atom. The van der Waals surface area contributed by atoms with Crippen LogP contribution in [0.25, 0.3) is 10.6 Å². The summed E-state index contributed by atoms with van der Waals surface area (Å²) in [7, 11) is 0. The number of halogens is 3. The maximum absolute atomic E-state index is 13.1. The van der Waals surface area contributed by atoms with Crippen molar-refractivity contribution in [1.82, 2.24) is 10.2 Å². The van der Waals surface area contributed by atoms with E-state index < -0.39 is 11.7 Å². The number of thiophene rings is 1. The van der Waals surface area contributed by atoms with E-state index in [4.69, 9.17) is 0 Å². The van der Waals surface area contributed by atoms with E-state index in [1.54, 1.807) is 11.3 Å². The molecular weight excluding hydrogens is 413 g/mol. The van der Waals surface area contributed by atoms with Gasteiger partial charge in [0.15, 0.2) is 5.82 Å². The van der Waals surface area contributed by atoms with Gasteiger partial charge in [0.05, 0.1) is 16.1 Å². The van der Waals surface area contributed by atoms with Gasteiger partial charge in [0.1, 0.15) is 5.69 Å². The van der Waals surface area contributed by atoms with Crippen LogP contribution in [0.1, 0.15) is 18.4 Å². The molecule has 0 atom stereocenters. The molecule has 1 amide bonds. The first-order valence-corrected chi connectivity index (χ1v) is 10.4. The van der Waals surface area contributed by atoms with Crippen molar-refractivity contribution in [2.75, 3.05) is 23.3 Å². The molecule has 0 spiro atoms. The fraction of sp³-hybridized carbons (Fsp3) is 0.286. The first-order valence-electron chi connectivity index (χ1n) is 9.51. The maximum atomic E-state index is 13.1. The van der Waals surface area contributed by atoms with Crippen LogP contribution in [-0.2, 0) is 11.0 Å². The highest BCUT2D eigenvalue weighted by Crippen LogP contribution is 2.35. The normalized spacial score (nSPS) is 15.2. The van der Waals surface area contributed by atoms with Gasteiger partial charge < -0.3 is 10.2 Å². The number of anilines is 2. The summed E-state index contributed by atoms with van der Waals surface area (Å²) < 4.78 is 39.4. The van der Waals surface area contributed by atoms with E-state index in [0.717, 1.165) is 22.5 Å². The Morgan fingerprint density at radius 2 is 1.80 bits per heavy atom. The van der Waals surface area contributed by atoms with Gasteiger partial charge in [0.2, 0.25) is 5.91 Å². The molecule has 9 heteroatoms. The monoisotopic (exact) mass is 432 g/mol. The predicted octanol–water partition coefficient (Wildman–Crippen LogP) is 5.08. The van der Waals surface area contributed by atoms with Crippen LogP contribution in [0.15, 0.2) is 53.9 Å². The molecule has 0 radical (unpaired) electrons. The van der Waals surface area contributed by atoms with Crippen molar-refractivity contribution >= 4 is 28.7 Å². The van der Waals surface area contributed by atoms with Crippen LogP contribution in [0.4, 0.5) is 24.7 Å². The Hall–Kier alpha value is -2.94. The van der Waals surface area contributed by atoms with E-state index in [1.165, 1.54) is 18.2 Å². The van der Waals surface area contributed by atoms with Crippen LogP contribution in [0.2, 0.25) is 0 Å². The Labute approximate surface area is 175 Å². The number of carbonyl (C=O) groups excluding carboxylic acids is 1. The molecule has 5 nitrogen and oxygen atoms in total. The van der Waals surface area contributed by atoms with Gasteiger partial charge in [-0.2, -0.15) is 13.2 Å². The van der Waals surface area contributed by atoms with Gasteiger partial charge in [-0.15, -0.1) is 21.5 Å². The topological polar surface area (TPSA) is 58.1 Å². The van der Waals surface area contributed by atoms with Gasteiger partial charge in [-0.1, -0.05) is 18.2 Å². The van der Waals surface area contributed by atoms with Gasteiger partial charge >= 0.3 is 6.18 Å². The highest BCUT2D eigenvalue weighted by Gasteiger charge is 2.34. The van der Waals surface area contributed by atoms with E-state index >= 15 is 0 Å². The van der Waals surface area contributed by atoms with Crippen LogP contribution in [0.5, 0.6) is 0 Å². The minimum Gasteiger partial charge on any atom is -0.355 e. The van der Waals surface area contributed by atoms with Crippen molar-refractivity contribution in [2.45, 2.75) is 19.0 Å². The van der Waals surface area contributed by atoms with Crippen LogP contribution in [0.3, 0.4) is 0 Å². The van der Waals surface area contributed by atoms with Crippen molar-refractivity contribution in [3.8, 4) is 10.6 Å². The van der Waals surface area contributed by atoms with E-state index in [0.29, 0.717) is 25.9 Å². The van der Waals surface area contributed by atoms with Crippen LogP contribution in [0, 0.1) is 5.92 Å². The second-order valence-electron chi connectivity index (χ2n) is 7.05. The molecule has 2 aromatic heterocycles. The third kappa shape index (κ3) is 4.46. The number of nitrogens with one attached hydrogen (secondary N) is 1.